The lowest BCUT2D eigenvalue weighted by Crippen LogP contribution is -2.62. The van der Waals surface area contributed by atoms with Crippen molar-refractivity contribution in [2.75, 3.05) is 26.2 Å². The lowest BCUT2D eigenvalue weighted by Gasteiger charge is -2.30. The van der Waals surface area contributed by atoms with E-state index in [2.05, 4.69) is 65.1 Å². The number of aliphatic hydroxyl groups is 1. The van der Waals surface area contributed by atoms with E-state index in [4.69, 9.17) is 28.7 Å². The van der Waals surface area contributed by atoms with E-state index in [1.165, 1.54) is 6.92 Å². The first-order chi connectivity index (χ1) is 42.3. The maximum atomic E-state index is 14.6. The summed E-state index contributed by atoms with van der Waals surface area (Å²) >= 11 is 0. The van der Waals surface area contributed by atoms with Crippen LogP contribution < -0.4 is 81.8 Å². The molecule has 0 radical (unpaired) electrons. The van der Waals surface area contributed by atoms with E-state index in [0.717, 1.165) is 25.7 Å². The minimum absolute atomic E-state index is 0.00462. The summed E-state index contributed by atoms with van der Waals surface area (Å²) in [5, 5.41) is 37.8. The normalized spacial score (nSPS) is 15.1. The van der Waals surface area contributed by atoms with E-state index >= 15 is 0 Å². The Hall–Kier alpha value is -6.68. The van der Waals surface area contributed by atoms with E-state index in [1.807, 2.05) is 55.4 Å². The van der Waals surface area contributed by atoms with Gasteiger partial charge in [-0.2, -0.15) is 0 Å². The Morgan fingerprint density at radius 3 is 1.19 bits per heavy atom. The first kappa shape index (κ1) is 83.3. The summed E-state index contributed by atoms with van der Waals surface area (Å²) < 4.78 is 0. The van der Waals surface area contributed by atoms with Gasteiger partial charge in [0.05, 0.1) is 12.6 Å². The van der Waals surface area contributed by atoms with Crippen molar-refractivity contribution in [3.8, 4) is 0 Å². The van der Waals surface area contributed by atoms with Gasteiger partial charge in [-0.05, 0) is 133 Å². The molecule has 21 N–H and O–H groups in total. The molecule has 0 aliphatic rings. The van der Waals surface area contributed by atoms with Crippen molar-refractivity contribution in [2.45, 2.75) is 266 Å². The van der Waals surface area contributed by atoms with Crippen molar-refractivity contribution in [1.29, 1.82) is 0 Å². The summed E-state index contributed by atoms with van der Waals surface area (Å²) in [5.74, 6) is -9.05. The Bertz CT molecular complexity index is 2250. The molecule has 0 aromatic heterocycles. The molecule has 11 amide bonds. The second kappa shape index (κ2) is 46.4. The molecule has 0 saturated carbocycles. The minimum atomic E-state index is -1.64. The highest BCUT2D eigenvalue weighted by molar-refractivity contribution is 5.99. The minimum Gasteiger partial charge on any atom is -0.391 e. The van der Waals surface area contributed by atoms with Gasteiger partial charge in [0.1, 0.15) is 54.4 Å². The van der Waals surface area contributed by atoms with Crippen molar-refractivity contribution in [2.24, 2.45) is 63.3 Å². The molecule has 90 heavy (non-hydrogen) atoms. The van der Waals surface area contributed by atoms with Crippen LogP contribution in [0.5, 0.6) is 0 Å². The number of nitrogens with one attached hydrogen (secondary N) is 10. The van der Waals surface area contributed by atoms with Gasteiger partial charge >= 0.3 is 0 Å². The maximum absolute atomic E-state index is 14.6. The van der Waals surface area contributed by atoms with Crippen molar-refractivity contribution < 1.29 is 57.8 Å². The molecule has 0 aromatic carbocycles. The van der Waals surface area contributed by atoms with Crippen LogP contribution in [0.25, 0.3) is 0 Å². The zero-order chi connectivity index (χ0) is 68.6. The summed E-state index contributed by atoms with van der Waals surface area (Å²) in [6.07, 6.45) is 6.25. The molecule has 0 heterocycles. The molecule has 0 aliphatic carbocycles. The van der Waals surface area contributed by atoms with Crippen molar-refractivity contribution in [1.82, 2.24) is 53.2 Å². The van der Waals surface area contributed by atoms with Gasteiger partial charge in [-0.1, -0.05) is 108 Å². The molecule has 11 atom stereocenters. The molecule has 0 aliphatic heterocycles. The molecule has 0 unspecified atom stereocenters. The van der Waals surface area contributed by atoms with Crippen LogP contribution in [0.4, 0.5) is 0 Å². The largest absolute Gasteiger partial charge is 0.391 e. The Kier molecular flexibility index (Phi) is 43.0. The van der Waals surface area contributed by atoms with Crippen LogP contribution in [0, 0.1) is 29.6 Å². The van der Waals surface area contributed by atoms with Gasteiger partial charge in [0.25, 0.3) is 0 Å². The van der Waals surface area contributed by atoms with E-state index in [-0.39, 0.29) is 120 Å². The number of hydrogen-bond acceptors (Lipinski definition) is 15. The zero-order valence-corrected chi connectivity index (χ0v) is 56.2. The molecular weight excluding hydrogens is 1160 g/mol. The average Bonchev–Trinajstić information content (AvgIpc) is 3.07. The second-order valence-corrected chi connectivity index (χ2v) is 25.5. The fourth-order valence-electron chi connectivity index (χ4n) is 9.75. The highest BCUT2D eigenvalue weighted by Crippen LogP contribution is 2.16. The lowest BCUT2D eigenvalue weighted by molar-refractivity contribution is -0.137. The number of carbonyl (C=O) groups is 11. The summed E-state index contributed by atoms with van der Waals surface area (Å²) in [6.45, 7) is 21.8. The molecule has 518 valence electrons. The van der Waals surface area contributed by atoms with Crippen molar-refractivity contribution in [3.05, 3.63) is 0 Å². The summed E-state index contributed by atoms with van der Waals surface area (Å²) in [7, 11) is 0. The number of primary amides is 1. The number of aliphatic imine (C=N–C) groups is 1. The Labute approximate surface area is 535 Å². The van der Waals surface area contributed by atoms with E-state index < -0.39 is 125 Å². The molecule has 28 nitrogen and oxygen atoms in total. The number of carbonyl (C=O) groups excluding carboxylic acids is 11. The maximum Gasteiger partial charge on any atom is 0.245 e. The third kappa shape index (κ3) is 36.2. The molecule has 0 rings (SSSR count). The number of nitrogens with zero attached hydrogens (tertiary/aromatic N) is 1. The third-order valence-electron chi connectivity index (χ3n) is 15.0. The monoisotopic (exact) mass is 1280 g/mol. The van der Waals surface area contributed by atoms with E-state index in [0.29, 0.717) is 38.5 Å². The number of hydrogen-bond donors (Lipinski definition) is 16. The Morgan fingerprint density at radius 2 is 0.767 bits per heavy atom. The number of amides is 11. The molecule has 0 bridgehead atoms. The van der Waals surface area contributed by atoms with Gasteiger partial charge < -0.3 is 86.9 Å². The molecular formula is C62H118N16O12. The van der Waals surface area contributed by atoms with E-state index in [9.17, 15) is 57.8 Å². The first-order valence-electron chi connectivity index (χ1n) is 32.7. The average molecular weight is 1280 g/mol. The predicted octanol–water partition coefficient (Wildman–Crippen LogP) is 0.234. The van der Waals surface area contributed by atoms with E-state index in [1.54, 1.807) is 13.8 Å². The van der Waals surface area contributed by atoms with Gasteiger partial charge in [0.15, 0.2) is 5.96 Å². The van der Waals surface area contributed by atoms with Crippen LogP contribution >= 0.6 is 0 Å². The van der Waals surface area contributed by atoms with Crippen LogP contribution in [0.15, 0.2) is 4.99 Å². The number of unbranched alkanes of at least 4 members (excludes halogenated alkanes) is 6. The fraction of sp³-hybridized carbons (Fsp3) is 0.806. The second-order valence-electron chi connectivity index (χ2n) is 25.5. The zero-order valence-electron chi connectivity index (χ0n) is 56.2. The summed E-state index contributed by atoms with van der Waals surface area (Å²) in [5.41, 5.74) is 28.4. The lowest BCUT2D eigenvalue weighted by atomic mass is 9.96. The molecule has 0 spiro atoms. The number of nitrogens with two attached hydrogens (primary N) is 5. The molecule has 28 heteroatoms. The number of guanidine groups is 1. The fourth-order valence-corrected chi connectivity index (χ4v) is 9.75. The highest BCUT2D eigenvalue weighted by atomic mass is 16.3. The van der Waals surface area contributed by atoms with Crippen LogP contribution in [-0.2, 0) is 52.7 Å². The highest BCUT2D eigenvalue weighted by Gasteiger charge is 2.38. The summed E-state index contributed by atoms with van der Waals surface area (Å²) in [6, 6.07) is -11.5. The molecule has 0 aromatic rings. The predicted molar refractivity (Wildman–Crippen MR) is 348 cm³/mol. The summed E-state index contributed by atoms with van der Waals surface area (Å²) in [4.78, 5) is 156. The standard InChI is InChI=1S/C62H118N16O12/c1-13-15-16-17-18-27-49(80)69-35-50(81)70-46(32-37(5)6)57(86)75-47(33-38(7)8)58(87)72-42(24-19-21-28-63)54(83)71-44(26-23-30-68-62(66)67)55(84)77-51(40(11)14-2)60(89)73-43(25-20-22-29-64)56(85)78-52(41(12)79)61(90)76-48(34-39(9)10)59(88)74-45(53(65)82)31-36(3)4/h36-48,51-52,79H,13-35,63-64H2,1-12H3,(H2,65,82)(H,69,80)(H,70,81)(H,71,83)(H,72,87)(H,73,89)(H,74,88)(H,75,86)(H,76,90)(H,77,84)(H,78,85)(H4,66,67,68)/t40-,41+,42-,43-,44-,45-,46-,47-,48-,51-,52-/m0/s1. The smallest absolute Gasteiger partial charge is 0.245 e. The molecule has 0 fully saturated rings. The van der Waals surface area contributed by atoms with Crippen molar-refractivity contribution >= 4 is 70.9 Å². The Balaban J connectivity index is 6.98. The van der Waals surface area contributed by atoms with Crippen LogP contribution in [0.3, 0.4) is 0 Å². The van der Waals surface area contributed by atoms with Crippen molar-refractivity contribution in [3.63, 3.8) is 0 Å². The first-order valence-corrected chi connectivity index (χ1v) is 32.7. The van der Waals surface area contributed by atoms with Gasteiger partial charge in [-0.3, -0.25) is 57.7 Å². The molecule has 0 saturated heterocycles. The Morgan fingerprint density at radius 1 is 0.400 bits per heavy atom. The quantitative estimate of drug-likeness (QED) is 0.0220. The SMILES string of the molecule is CCCCCCCC(=O)NCC(=O)N[C@@H](CC(C)C)C(=O)N[C@@H](CC(C)C)C(=O)N[C@@H](CCCCN)C(=O)N[C@@H](CCCN=C(N)N)C(=O)N[C@H](C(=O)N[C@@H](CCCCN)C(=O)N[C@H](C(=O)N[C@@H](CC(C)C)C(=O)N[C@@H](CC(C)C)C(N)=O)[C@@H](C)O)[C@@H](C)CC. The van der Waals surface area contributed by atoms with Gasteiger partial charge in [-0.25, -0.2) is 0 Å². The number of rotatable bonds is 49. The van der Waals surface area contributed by atoms with Gasteiger partial charge in [0, 0.05) is 13.0 Å². The number of aliphatic hydroxyl groups excluding tert-OH is 1. The van der Waals surface area contributed by atoms with Crippen LogP contribution in [0.2, 0.25) is 0 Å². The topological polar surface area (TPSA) is 471 Å². The van der Waals surface area contributed by atoms with Gasteiger partial charge in [0.2, 0.25) is 65.0 Å². The van der Waals surface area contributed by atoms with Crippen LogP contribution in [0.1, 0.15) is 205 Å². The van der Waals surface area contributed by atoms with Crippen LogP contribution in [-0.4, -0.2) is 163 Å². The third-order valence-corrected chi connectivity index (χ3v) is 15.0. The van der Waals surface area contributed by atoms with Gasteiger partial charge in [-0.15, -0.1) is 0 Å².